The summed E-state index contributed by atoms with van der Waals surface area (Å²) < 4.78 is 4.67. The predicted molar refractivity (Wildman–Crippen MR) is 297 cm³/mol. The van der Waals surface area contributed by atoms with E-state index in [9.17, 15) is 79.2 Å². The molecule has 1 aromatic carbocycles. The Bertz CT molecular complexity index is 2790. The van der Waals surface area contributed by atoms with E-state index in [4.69, 9.17) is 0 Å². The Balaban J connectivity index is 1.43. The fraction of sp³-hybridized carbons (Fsp3) is 0.455. The molecule has 4 aromatic heterocycles. The van der Waals surface area contributed by atoms with Crippen molar-refractivity contribution in [3.63, 3.8) is 0 Å². The fourth-order valence-corrected chi connectivity index (χ4v) is 8.91. The van der Waals surface area contributed by atoms with Crippen LogP contribution in [0.15, 0.2) is 92.5 Å². The third-order valence-corrected chi connectivity index (χ3v) is 13.3. The first-order valence-electron chi connectivity index (χ1n) is 26.7. The van der Waals surface area contributed by atoms with Gasteiger partial charge in [0.25, 0.3) is 45.9 Å². The first-order valence-corrected chi connectivity index (χ1v) is 26.7. The number of hydrogen-bond acceptors (Lipinski definition) is 18. The van der Waals surface area contributed by atoms with E-state index in [0.29, 0.717) is 6.42 Å². The average molecular weight is 1130 g/mol. The Morgan fingerprint density at radius 1 is 0.432 bits per heavy atom. The third-order valence-electron chi connectivity index (χ3n) is 13.3. The van der Waals surface area contributed by atoms with Crippen LogP contribution in [0, 0.1) is 12.8 Å². The molecular weight excluding hydrogens is 1060 g/mol. The van der Waals surface area contributed by atoms with E-state index in [0.717, 1.165) is 11.1 Å². The van der Waals surface area contributed by atoms with Gasteiger partial charge in [-0.15, -0.1) is 0 Å². The normalized spacial score (nSPS) is 11.4. The van der Waals surface area contributed by atoms with Crippen molar-refractivity contribution in [1.29, 1.82) is 0 Å². The molecule has 4 heterocycles. The maximum absolute atomic E-state index is 13.5. The Hall–Kier alpha value is -8.14. The molecule has 440 valence electrons. The molecule has 0 saturated heterocycles. The van der Waals surface area contributed by atoms with E-state index in [1.807, 2.05) is 41.0 Å². The summed E-state index contributed by atoms with van der Waals surface area (Å²) in [6, 6.07) is 12.9. The number of nitrogens with one attached hydrogen (secondary N) is 4. The average Bonchev–Trinajstić information content (AvgIpc) is 3.45. The maximum Gasteiger partial charge on any atom is 0.293 e. The van der Waals surface area contributed by atoms with Gasteiger partial charge in [0.2, 0.25) is 0 Å². The van der Waals surface area contributed by atoms with Gasteiger partial charge >= 0.3 is 0 Å². The molecule has 5 rings (SSSR count). The number of rotatable bonds is 34. The molecule has 0 aliphatic carbocycles. The predicted octanol–water partition coefficient (Wildman–Crippen LogP) is -1.52. The number of nitrogens with zero attached hydrogens (tertiary/aromatic N) is 6. The molecule has 5 aromatic rings. The monoisotopic (exact) mass is 1130 g/mol. The van der Waals surface area contributed by atoms with Crippen molar-refractivity contribution in [3.05, 3.63) is 148 Å². The van der Waals surface area contributed by atoms with Crippen molar-refractivity contribution in [2.45, 2.75) is 65.2 Å². The van der Waals surface area contributed by atoms with Gasteiger partial charge < -0.3 is 80.4 Å². The molecule has 26 nitrogen and oxygen atoms in total. The number of pyridine rings is 4. The number of aromatic hydroxyl groups is 4. The molecule has 0 saturated carbocycles. The van der Waals surface area contributed by atoms with Crippen LogP contribution in [0.5, 0.6) is 23.0 Å². The number of carbonyl (C=O) groups excluding carboxylic acids is 4. The molecule has 0 aliphatic heterocycles. The van der Waals surface area contributed by atoms with Crippen LogP contribution in [0.2, 0.25) is 0 Å². The number of aryl methyl sites for hydroxylation is 5. The lowest BCUT2D eigenvalue weighted by molar-refractivity contribution is 0.0931. The standard InChI is InChI=1S/C55H74N10O16/c1-37-6-8-38(9-7-37)34-39(35-60(26-14-56-48(74)40-10-22-62(18-2-30-66)52(78)44(40)70)27-15-57-49(75)41-11-23-63(19-3-31-67)53(79)45(41)71)36-61(28-16-58-50(76)42-12-24-64(20-4-32-68)54(80)46(42)72)29-17-59-51(77)43-13-25-65(21-5-33-69)55(81)47(43)73/h6-13,22-25,39,66-73H,2-5,14-21,26-36H2,1H3,(H,56,74)(H,57,75)(H,58,76)(H,59,77). The summed E-state index contributed by atoms with van der Waals surface area (Å²) in [5, 5.41) is 90.7. The Morgan fingerprint density at radius 3 is 0.938 bits per heavy atom. The van der Waals surface area contributed by atoms with Gasteiger partial charge in [-0.1, -0.05) is 29.8 Å². The fourth-order valence-electron chi connectivity index (χ4n) is 8.91. The van der Waals surface area contributed by atoms with Gasteiger partial charge in [0.05, 0.1) is 22.3 Å². The summed E-state index contributed by atoms with van der Waals surface area (Å²) in [5.74, 6) is -6.45. The molecule has 0 spiro atoms. The molecule has 0 aliphatic rings. The van der Waals surface area contributed by atoms with Crippen molar-refractivity contribution in [1.82, 2.24) is 49.3 Å². The van der Waals surface area contributed by atoms with Crippen LogP contribution in [0.1, 0.15) is 78.2 Å². The number of aromatic nitrogens is 4. The van der Waals surface area contributed by atoms with Gasteiger partial charge in [-0.2, -0.15) is 0 Å². The summed E-state index contributed by atoms with van der Waals surface area (Å²) in [4.78, 5) is 109. The lowest BCUT2D eigenvalue weighted by atomic mass is 9.97. The van der Waals surface area contributed by atoms with Gasteiger partial charge in [-0.05, 0) is 74.8 Å². The van der Waals surface area contributed by atoms with E-state index in [1.54, 1.807) is 0 Å². The van der Waals surface area contributed by atoms with Crippen LogP contribution < -0.4 is 43.5 Å². The molecule has 0 radical (unpaired) electrons. The SMILES string of the molecule is Cc1ccc(CC(CN(CCNC(=O)c2ccn(CCCO)c(=O)c2O)CCNC(=O)c2ccn(CCCO)c(=O)c2O)CN(CCNC(=O)c2ccn(CCCO)c(=O)c2O)CCNC(=O)c2ccn(CCCO)c(=O)c2O)cc1. The molecule has 0 unspecified atom stereocenters. The number of aliphatic hydroxyl groups is 4. The lowest BCUT2D eigenvalue weighted by Crippen LogP contribution is -2.46. The largest absolute Gasteiger partial charge is 0.502 e. The number of benzene rings is 1. The highest BCUT2D eigenvalue weighted by molar-refractivity contribution is 5.98. The Labute approximate surface area is 465 Å². The first kappa shape index (κ1) is 63.7. The van der Waals surface area contributed by atoms with Crippen LogP contribution in [-0.2, 0) is 32.6 Å². The zero-order valence-corrected chi connectivity index (χ0v) is 45.3. The van der Waals surface area contributed by atoms with E-state index < -0.39 is 68.9 Å². The first-order chi connectivity index (χ1) is 38.9. The van der Waals surface area contributed by atoms with Crippen LogP contribution in [-0.4, -0.2) is 184 Å². The van der Waals surface area contributed by atoms with Crippen LogP contribution >= 0.6 is 0 Å². The van der Waals surface area contributed by atoms with Crippen LogP contribution in [0.4, 0.5) is 0 Å². The van der Waals surface area contributed by atoms with Crippen LogP contribution in [0.3, 0.4) is 0 Å². The second-order valence-electron chi connectivity index (χ2n) is 19.3. The number of carbonyl (C=O) groups is 4. The number of aliphatic hydroxyl groups excluding tert-OH is 4. The summed E-state index contributed by atoms with van der Waals surface area (Å²) in [6.45, 7) is 2.46. The van der Waals surface area contributed by atoms with Crippen molar-refractivity contribution in [2.24, 2.45) is 5.92 Å². The Kier molecular flexibility index (Phi) is 25.3. The zero-order chi connectivity index (χ0) is 59.0. The minimum absolute atomic E-state index is 0.0383. The van der Waals surface area contributed by atoms with Crippen molar-refractivity contribution >= 4 is 23.6 Å². The molecule has 0 bridgehead atoms. The molecule has 4 amide bonds. The quantitative estimate of drug-likeness (QED) is 0.0222. The van der Waals surface area contributed by atoms with E-state index in [1.165, 1.54) is 67.3 Å². The summed E-state index contributed by atoms with van der Waals surface area (Å²) >= 11 is 0. The number of hydrogen-bond donors (Lipinski definition) is 12. The molecule has 12 N–H and O–H groups in total. The number of amides is 4. The highest BCUT2D eigenvalue weighted by atomic mass is 16.3. The highest BCUT2D eigenvalue weighted by Gasteiger charge is 2.24. The summed E-state index contributed by atoms with van der Waals surface area (Å²) in [5.41, 5.74) is -2.46. The van der Waals surface area contributed by atoms with Crippen molar-refractivity contribution in [2.75, 3.05) is 91.9 Å². The smallest absolute Gasteiger partial charge is 0.293 e. The zero-order valence-electron chi connectivity index (χ0n) is 45.3. The topological polar surface area (TPSA) is 373 Å². The third kappa shape index (κ3) is 18.5. The maximum atomic E-state index is 13.5. The van der Waals surface area contributed by atoms with Crippen molar-refractivity contribution in [3.8, 4) is 23.0 Å². The molecule has 0 atom stereocenters. The van der Waals surface area contributed by atoms with Gasteiger partial charge in [0.1, 0.15) is 0 Å². The Morgan fingerprint density at radius 2 is 0.691 bits per heavy atom. The summed E-state index contributed by atoms with van der Waals surface area (Å²) in [6.07, 6.45) is 6.74. The van der Waals surface area contributed by atoms with E-state index >= 15 is 0 Å². The molecule has 26 heteroatoms. The lowest BCUT2D eigenvalue weighted by Gasteiger charge is -2.32. The van der Waals surface area contributed by atoms with E-state index in [2.05, 4.69) is 21.3 Å². The molecular formula is C55H74N10O16. The minimum atomic E-state index is -0.819. The second kappa shape index (κ2) is 32.2. The van der Waals surface area contributed by atoms with Gasteiger partial charge in [-0.3, -0.25) is 48.2 Å². The molecule has 81 heavy (non-hydrogen) atoms. The van der Waals surface area contributed by atoms with Crippen LogP contribution in [0.25, 0.3) is 0 Å². The molecule has 0 fully saturated rings. The highest BCUT2D eigenvalue weighted by Crippen LogP contribution is 2.17. The van der Waals surface area contributed by atoms with E-state index in [-0.39, 0.29) is 172 Å². The minimum Gasteiger partial charge on any atom is -0.502 e. The van der Waals surface area contributed by atoms with Gasteiger partial charge in [0, 0.05) is 143 Å². The summed E-state index contributed by atoms with van der Waals surface area (Å²) in [7, 11) is 0. The van der Waals surface area contributed by atoms with Gasteiger partial charge in [-0.25, -0.2) is 0 Å². The second-order valence-corrected chi connectivity index (χ2v) is 19.3. The van der Waals surface area contributed by atoms with Crippen molar-refractivity contribution < 1.29 is 60.0 Å². The van der Waals surface area contributed by atoms with Gasteiger partial charge in [0.15, 0.2) is 23.0 Å².